The molecule has 0 aromatic rings. The largest absolute Gasteiger partial charge is 0.0922 e. The summed E-state index contributed by atoms with van der Waals surface area (Å²) in [4.78, 5) is 0. The third-order valence-electron chi connectivity index (χ3n) is 2.10. The van der Waals surface area contributed by atoms with Gasteiger partial charge in [0.2, 0.25) is 0 Å². The molecule has 0 heterocycles. The maximum absolute atomic E-state index is 3.56. The minimum absolute atomic E-state index is 0.509. The summed E-state index contributed by atoms with van der Waals surface area (Å²) in [5.74, 6) is 0. The molecule has 0 N–H and O–H groups in total. The van der Waals surface area contributed by atoms with Crippen molar-refractivity contribution in [3.05, 3.63) is 0 Å². The van der Waals surface area contributed by atoms with Gasteiger partial charge in [0, 0.05) is 10.7 Å². The van der Waals surface area contributed by atoms with Crippen LogP contribution >= 0.6 is 31.9 Å². The van der Waals surface area contributed by atoms with Crippen molar-refractivity contribution in [2.45, 2.75) is 33.1 Å². The van der Waals surface area contributed by atoms with Crippen LogP contribution in [-0.4, -0.2) is 10.7 Å². The van der Waals surface area contributed by atoms with E-state index in [-0.39, 0.29) is 0 Å². The van der Waals surface area contributed by atoms with Crippen LogP contribution in [0.5, 0.6) is 0 Å². The predicted octanol–water partition coefficient (Wildman–Crippen LogP) is 3.97. The fraction of sp³-hybridized carbons (Fsp3) is 1.00. The van der Waals surface area contributed by atoms with Gasteiger partial charge in [0.25, 0.3) is 0 Å². The smallest absolute Gasteiger partial charge is 0.00958 e. The van der Waals surface area contributed by atoms with Crippen molar-refractivity contribution >= 4 is 31.9 Å². The van der Waals surface area contributed by atoms with E-state index >= 15 is 0 Å². The fourth-order valence-electron chi connectivity index (χ4n) is 1.07. The quantitative estimate of drug-likeness (QED) is 0.664. The molecular formula is C8H16Br2. The molecule has 0 spiro atoms. The van der Waals surface area contributed by atoms with E-state index in [0.29, 0.717) is 5.41 Å². The summed E-state index contributed by atoms with van der Waals surface area (Å²) in [7, 11) is 0. The van der Waals surface area contributed by atoms with Crippen LogP contribution in [0.1, 0.15) is 33.1 Å². The standard InChI is InChI=1S/C8H16Br2/c1-3-5-8(4-2,6-9)7-10/h3-7H2,1-2H3. The summed E-state index contributed by atoms with van der Waals surface area (Å²) >= 11 is 7.13. The van der Waals surface area contributed by atoms with Gasteiger partial charge in [-0.25, -0.2) is 0 Å². The Morgan fingerprint density at radius 2 is 1.60 bits per heavy atom. The molecule has 0 rings (SSSR count). The third kappa shape index (κ3) is 2.91. The molecule has 0 bridgehead atoms. The highest BCUT2D eigenvalue weighted by molar-refractivity contribution is 9.09. The summed E-state index contributed by atoms with van der Waals surface area (Å²) in [5, 5.41) is 2.24. The van der Waals surface area contributed by atoms with Crippen molar-refractivity contribution in [3.63, 3.8) is 0 Å². The maximum Gasteiger partial charge on any atom is 0.00958 e. The zero-order valence-electron chi connectivity index (χ0n) is 6.79. The van der Waals surface area contributed by atoms with E-state index in [9.17, 15) is 0 Å². The van der Waals surface area contributed by atoms with Gasteiger partial charge in [-0.3, -0.25) is 0 Å². The Morgan fingerprint density at radius 3 is 1.70 bits per heavy atom. The summed E-state index contributed by atoms with van der Waals surface area (Å²) in [6, 6.07) is 0. The Labute approximate surface area is 81.0 Å². The zero-order valence-corrected chi connectivity index (χ0v) is 9.96. The van der Waals surface area contributed by atoms with Crippen molar-refractivity contribution in [3.8, 4) is 0 Å². The molecule has 0 aromatic heterocycles. The van der Waals surface area contributed by atoms with Crippen LogP contribution in [0.4, 0.5) is 0 Å². The first-order chi connectivity index (χ1) is 4.74. The SMILES string of the molecule is CCCC(CC)(CBr)CBr. The van der Waals surface area contributed by atoms with Crippen molar-refractivity contribution in [1.29, 1.82) is 0 Å². The zero-order chi connectivity index (χ0) is 8.04. The molecule has 0 amide bonds. The van der Waals surface area contributed by atoms with Gasteiger partial charge < -0.3 is 0 Å². The van der Waals surface area contributed by atoms with Gasteiger partial charge in [-0.2, -0.15) is 0 Å². The summed E-state index contributed by atoms with van der Waals surface area (Å²) < 4.78 is 0. The molecule has 0 radical (unpaired) electrons. The molecule has 10 heavy (non-hydrogen) atoms. The lowest BCUT2D eigenvalue weighted by Crippen LogP contribution is -2.23. The Kier molecular flexibility index (Phi) is 6.13. The molecule has 0 fully saturated rings. The van der Waals surface area contributed by atoms with Crippen molar-refractivity contribution in [2.24, 2.45) is 5.41 Å². The van der Waals surface area contributed by atoms with Gasteiger partial charge >= 0.3 is 0 Å². The number of rotatable bonds is 5. The van der Waals surface area contributed by atoms with Crippen LogP contribution in [-0.2, 0) is 0 Å². The molecule has 0 atom stereocenters. The Hall–Kier alpha value is 0.960. The van der Waals surface area contributed by atoms with E-state index in [0.717, 1.165) is 10.7 Å². The normalized spacial score (nSPS) is 12.0. The van der Waals surface area contributed by atoms with Crippen LogP contribution in [0, 0.1) is 5.41 Å². The molecule has 62 valence electrons. The van der Waals surface area contributed by atoms with Gasteiger partial charge in [0.1, 0.15) is 0 Å². The summed E-state index contributed by atoms with van der Waals surface area (Å²) in [6.45, 7) is 4.51. The van der Waals surface area contributed by atoms with E-state index in [1.54, 1.807) is 0 Å². The molecule has 0 aliphatic carbocycles. The van der Waals surface area contributed by atoms with E-state index in [4.69, 9.17) is 0 Å². The lowest BCUT2D eigenvalue weighted by atomic mass is 9.85. The molecule has 2 heteroatoms. The minimum Gasteiger partial charge on any atom is -0.0922 e. The first-order valence-corrected chi connectivity index (χ1v) is 6.11. The minimum atomic E-state index is 0.509. The van der Waals surface area contributed by atoms with Crippen molar-refractivity contribution < 1.29 is 0 Å². The second kappa shape index (κ2) is 5.59. The topological polar surface area (TPSA) is 0 Å². The number of hydrogen-bond acceptors (Lipinski definition) is 0. The Bertz CT molecular complexity index is 69.1. The molecular weight excluding hydrogens is 256 g/mol. The Balaban J connectivity index is 3.87. The van der Waals surface area contributed by atoms with E-state index in [2.05, 4.69) is 45.7 Å². The van der Waals surface area contributed by atoms with Gasteiger partial charge in [0.15, 0.2) is 0 Å². The molecule has 0 aromatic carbocycles. The van der Waals surface area contributed by atoms with E-state index < -0.39 is 0 Å². The molecule has 0 saturated heterocycles. The number of alkyl halides is 2. The van der Waals surface area contributed by atoms with Crippen molar-refractivity contribution in [2.75, 3.05) is 10.7 Å². The summed E-state index contributed by atoms with van der Waals surface area (Å²) in [5.41, 5.74) is 0.509. The Morgan fingerprint density at radius 1 is 1.10 bits per heavy atom. The van der Waals surface area contributed by atoms with Gasteiger partial charge in [-0.1, -0.05) is 52.1 Å². The second-order valence-electron chi connectivity index (χ2n) is 2.87. The van der Waals surface area contributed by atoms with Crippen LogP contribution in [0.15, 0.2) is 0 Å². The fourth-order valence-corrected chi connectivity index (χ4v) is 3.35. The number of hydrogen-bond donors (Lipinski definition) is 0. The van der Waals surface area contributed by atoms with Crippen LogP contribution in [0.2, 0.25) is 0 Å². The van der Waals surface area contributed by atoms with Crippen molar-refractivity contribution in [1.82, 2.24) is 0 Å². The average molecular weight is 272 g/mol. The first-order valence-electron chi connectivity index (χ1n) is 3.86. The predicted molar refractivity (Wildman–Crippen MR) is 55.2 cm³/mol. The van der Waals surface area contributed by atoms with Gasteiger partial charge in [-0.05, 0) is 18.3 Å². The van der Waals surface area contributed by atoms with E-state index in [1.807, 2.05) is 0 Å². The maximum atomic E-state index is 3.56. The molecule has 0 nitrogen and oxygen atoms in total. The second-order valence-corrected chi connectivity index (χ2v) is 3.99. The van der Waals surface area contributed by atoms with Gasteiger partial charge in [-0.15, -0.1) is 0 Å². The lowest BCUT2D eigenvalue weighted by molar-refractivity contribution is 0.341. The highest BCUT2D eigenvalue weighted by atomic mass is 79.9. The van der Waals surface area contributed by atoms with Gasteiger partial charge in [0.05, 0.1) is 0 Å². The number of halogens is 2. The van der Waals surface area contributed by atoms with Crippen LogP contribution in [0.25, 0.3) is 0 Å². The average Bonchev–Trinajstić information content (AvgIpc) is 2.01. The van der Waals surface area contributed by atoms with E-state index in [1.165, 1.54) is 19.3 Å². The molecule has 0 saturated carbocycles. The first kappa shape index (κ1) is 11.0. The highest BCUT2D eigenvalue weighted by Crippen LogP contribution is 2.32. The highest BCUT2D eigenvalue weighted by Gasteiger charge is 2.23. The third-order valence-corrected chi connectivity index (χ3v) is 4.48. The molecule has 0 aliphatic heterocycles. The molecule has 0 aliphatic rings. The monoisotopic (exact) mass is 270 g/mol. The molecule has 0 unspecified atom stereocenters. The summed E-state index contributed by atoms with van der Waals surface area (Å²) in [6.07, 6.45) is 3.86. The van der Waals surface area contributed by atoms with Crippen LogP contribution in [0.3, 0.4) is 0 Å². The lowest BCUT2D eigenvalue weighted by Gasteiger charge is -2.27. The van der Waals surface area contributed by atoms with Crippen LogP contribution < -0.4 is 0 Å².